The molecule has 0 aromatic carbocycles. The Kier molecular flexibility index (Phi) is 4.49. The van der Waals surface area contributed by atoms with Crippen LogP contribution in [0.2, 0.25) is 0 Å². The van der Waals surface area contributed by atoms with Crippen molar-refractivity contribution in [1.29, 1.82) is 0 Å². The number of carboxylic acids is 1. The normalized spacial score (nSPS) is 24.3. The molecule has 3 amide bonds. The fourth-order valence-electron chi connectivity index (χ4n) is 1.64. The summed E-state index contributed by atoms with van der Waals surface area (Å²) in [7, 11) is 0. The van der Waals surface area contributed by atoms with Crippen LogP contribution in [0.1, 0.15) is 19.8 Å². The van der Waals surface area contributed by atoms with Crippen molar-refractivity contribution in [3.8, 4) is 0 Å². The molecule has 0 bridgehead atoms. The minimum Gasteiger partial charge on any atom is -0.480 e. The quantitative estimate of drug-likeness (QED) is 0.492. The van der Waals surface area contributed by atoms with Crippen LogP contribution in [-0.4, -0.2) is 47.8 Å². The molecule has 8 heteroatoms. The summed E-state index contributed by atoms with van der Waals surface area (Å²) in [6.07, 6.45) is 0.198. The van der Waals surface area contributed by atoms with Gasteiger partial charge in [0.15, 0.2) is 0 Å². The summed E-state index contributed by atoms with van der Waals surface area (Å²) in [5, 5.41) is 13.6. The van der Waals surface area contributed by atoms with Gasteiger partial charge in [0.05, 0.1) is 18.6 Å². The van der Waals surface area contributed by atoms with Crippen LogP contribution in [0.25, 0.3) is 0 Å². The Labute approximate surface area is 104 Å². The van der Waals surface area contributed by atoms with Crippen LogP contribution >= 0.6 is 0 Å². The highest BCUT2D eigenvalue weighted by Crippen LogP contribution is 2.17. The van der Waals surface area contributed by atoms with Crippen LogP contribution in [0.4, 0.5) is 4.79 Å². The van der Waals surface area contributed by atoms with Gasteiger partial charge in [-0.15, -0.1) is 0 Å². The van der Waals surface area contributed by atoms with Crippen LogP contribution in [0.5, 0.6) is 0 Å². The largest absolute Gasteiger partial charge is 0.480 e. The van der Waals surface area contributed by atoms with Gasteiger partial charge in [-0.25, -0.2) is 9.59 Å². The molecule has 0 aliphatic carbocycles. The van der Waals surface area contributed by atoms with Crippen molar-refractivity contribution < 1.29 is 24.2 Å². The number of hydrogen-bond donors (Lipinski definition) is 4. The molecule has 18 heavy (non-hydrogen) atoms. The highest BCUT2D eigenvalue weighted by molar-refractivity contribution is 5.87. The number of rotatable bonds is 5. The van der Waals surface area contributed by atoms with Crippen LogP contribution in [0.15, 0.2) is 0 Å². The molecule has 1 aliphatic rings. The van der Waals surface area contributed by atoms with E-state index < -0.39 is 35.9 Å². The Morgan fingerprint density at radius 2 is 2.17 bits per heavy atom. The van der Waals surface area contributed by atoms with Crippen molar-refractivity contribution in [2.24, 2.45) is 5.73 Å². The minimum absolute atomic E-state index is 0.369. The van der Waals surface area contributed by atoms with Gasteiger partial charge < -0.3 is 26.2 Å². The van der Waals surface area contributed by atoms with E-state index >= 15 is 0 Å². The van der Waals surface area contributed by atoms with E-state index in [1.165, 1.54) is 0 Å². The molecule has 1 rings (SSSR count). The van der Waals surface area contributed by atoms with E-state index in [1.807, 2.05) is 0 Å². The van der Waals surface area contributed by atoms with E-state index in [9.17, 15) is 14.4 Å². The molecule has 8 nitrogen and oxygen atoms in total. The first-order valence-corrected chi connectivity index (χ1v) is 5.50. The smallest absolute Gasteiger partial charge is 0.326 e. The number of carbonyl (C=O) groups is 3. The van der Waals surface area contributed by atoms with Gasteiger partial charge in [0, 0.05) is 6.61 Å². The molecular weight excluding hydrogens is 242 g/mol. The second-order valence-corrected chi connectivity index (χ2v) is 4.52. The van der Waals surface area contributed by atoms with E-state index in [0.717, 1.165) is 0 Å². The summed E-state index contributed by atoms with van der Waals surface area (Å²) < 4.78 is 5.15. The van der Waals surface area contributed by atoms with Crippen molar-refractivity contribution in [2.45, 2.75) is 31.3 Å². The van der Waals surface area contributed by atoms with Gasteiger partial charge in [-0.05, 0) is 13.3 Å². The third kappa shape index (κ3) is 4.21. The highest BCUT2D eigenvalue weighted by Gasteiger charge is 2.32. The van der Waals surface area contributed by atoms with Gasteiger partial charge in [-0.3, -0.25) is 4.79 Å². The van der Waals surface area contributed by atoms with Gasteiger partial charge in [-0.2, -0.15) is 0 Å². The monoisotopic (exact) mass is 259 g/mol. The number of amides is 3. The van der Waals surface area contributed by atoms with Gasteiger partial charge in [0.25, 0.3) is 0 Å². The molecule has 1 fully saturated rings. The number of carbonyl (C=O) groups excluding carboxylic acids is 2. The van der Waals surface area contributed by atoms with Crippen molar-refractivity contribution in [2.75, 3.05) is 13.2 Å². The molecule has 1 saturated heterocycles. The zero-order valence-electron chi connectivity index (χ0n) is 10.1. The van der Waals surface area contributed by atoms with Crippen molar-refractivity contribution in [3.05, 3.63) is 0 Å². The predicted octanol–water partition coefficient (Wildman–Crippen LogP) is -1.21. The summed E-state index contributed by atoms with van der Waals surface area (Å²) in [5.74, 6) is -2.10. The summed E-state index contributed by atoms with van der Waals surface area (Å²) in [4.78, 5) is 33.1. The second kappa shape index (κ2) is 5.67. The average Bonchev–Trinajstić information content (AvgIpc) is 2.62. The van der Waals surface area contributed by atoms with E-state index in [1.54, 1.807) is 6.92 Å². The molecule has 0 radical (unpaired) electrons. The molecule has 102 valence electrons. The zero-order valence-corrected chi connectivity index (χ0v) is 10.1. The van der Waals surface area contributed by atoms with Gasteiger partial charge in [0.1, 0.15) is 6.04 Å². The first kappa shape index (κ1) is 14.2. The Hall–Kier alpha value is -1.83. The molecule has 2 atom stereocenters. The van der Waals surface area contributed by atoms with Crippen molar-refractivity contribution in [1.82, 2.24) is 10.6 Å². The lowest BCUT2D eigenvalue weighted by molar-refractivity contribution is -0.140. The fraction of sp³-hybridized carbons (Fsp3) is 0.700. The standard InChI is InChI=1S/C10H17N3O5/c1-10(2-3-18-5-10)13-9(17)12-6(8(15)16)4-7(11)14/h6H,2-5H2,1H3,(H2,11,14)(H,15,16)(H2,12,13,17)/t6-,10?/m0/s1. The van der Waals surface area contributed by atoms with Gasteiger partial charge in [0.2, 0.25) is 5.91 Å². The maximum atomic E-state index is 11.6. The van der Waals surface area contributed by atoms with Crippen LogP contribution in [-0.2, 0) is 14.3 Å². The number of ether oxygens (including phenoxy) is 1. The summed E-state index contributed by atoms with van der Waals surface area (Å²) >= 11 is 0. The Bertz CT molecular complexity index is 351. The van der Waals surface area contributed by atoms with Crippen molar-refractivity contribution >= 4 is 17.9 Å². The number of nitrogens with one attached hydrogen (secondary N) is 2. The molecule has 5 N–H and O–H groups in total. The number of aliphatic carboxylic acids is 1. The van der Waals surface area contributed by atoms with E-state index in [-0.39, 0.29) is 0 Å². The molecule has 1 aliphatic heterocycles. The second-order valence-electron chi connectivity index (χ2n) is 4.52. The molecule has 0 aromatic heterocycles. The molecule has 1 unspecified atom stereocenters. The lowest BCUT2D eigenvalue weighted by Crippen LogP contribution is -2.54. The maximum absolute atomic E-state index is 11.6. The number of hydrogen-bond acceptors (Lipinski definition) is 4. The molecule has 0 spiro atoms. The highest BCUT2D eigenvalue weighted by atomic mass is 16.5. The van der Waals surface area contributed by atoms with Gasteiger partial charge in [-0.1, -0.05) is 0 Å². The average molecular weight is 259 g/mol. The zero-order chi connectivity index (χ0) is 13.8. The Morgan fingerprint density at radius 3 is 2.61 bits per heavy atom. The fourth-order valence-corrected chi connectivity index (χ4v) is 1.64. The van der Waals surface area contributed by atoms with E-state index in [2.05, 4.69) is 10.6 Å². The lowest BCUT2D eigenvalue weighted by atomic mass is 10.0. The predicted molar refractivity (Wildman–Crippen MR) is 60.7 cm³/mol. The topological polar surface area (TPSA) is 131 Å². The third-order valence-electron chi connectivity index (χ3n) is 2.64. The molecule has 1 heterocycles. The number of urea groups is 1. The number of primary amides is 1. The SMILES string of the molecule is CC1(NC(=O)N[C@@H](CC(N)=O)C(=O)O)CCOC1. The molecule has 0 saturated carbocycles. The van der Waals surface area contributed by atoms with Crippen LogP contribution in [0.3, 0.4) is 0 Å². The van der Waals surface area contributed by atoms with E-state index in [0.29, 0.717) is 19.6 Å². The Balaban J connectivity index is 2.50. The maximum Gasteiger partial charge on any atom is 0.326 e. The van der Waals surface area contributed by atoms with E-state index in [4.69, 9.17) is 15.6 Å². The van der Waals surface area contributed by atoms with Gasteiger partial charge >= 0.3 is 12.0 Å². The first-order valence-electron chi connectivity index (χ1n) is 5.50. The summed E-state index contributed by atoms with van der Waals surface area (Å²) in [5.41, 5.74) is 4.39. The third-order valence-corrected chi connectivity index (χ3v) is 2.64. The van der Waals surface area contributed by atoms with Crippen LogP contribution in [0, 0.1) is 0 Å². The number of carboxylic acid groups (broad SMARTS) is 1. The van der Waals surface area contributed by atoms with Crippen LogP contribution < -0.4 is 16.4 Å². The molecular formula is C10H17N3O5. The van der Waals surface area contributed by atoms with Crippen molar-refractivity contribution in [3.63, 3.8) is 0 Å². The summed E-state index contributed by atoms with van der Waals surface area (Å²) in [6.45, 7) is 2.71. The summed E-state index contributed by atoms with van der Waals surface area (Å²) in [6, 6.07) is -1.98. The number of nitrogens with two attached hydrogens (primary N) is 1. The lowest BCUT2D eigenvalue weighted by Gasteiger charge is -2.24. The Morgan fingerprint density at radius 1 is 1.50 bits per heavy atom. The minimum atomic E-state index is -1.33. The first-order chi connectivity index (χ1) is 8.32. The molecule has 0 aromatic rings.